The number of hydrogen-bond acceptors (Lipinski definition) is 7. The van der Waals surface area contributed by atoms with Crippen molar-refractivity contribution in [1.82, 2.24) is 19.6 Å². The highest BCUT2D eigenvalue weighted by Gasteiger charge is 2.31. The molecule has 4 rings (SSSR count). The number of nitrogen functional groups attached to an aromatic ring is 1. The first-order valence-corrected chi connectivity index (χ1v) is 10.4. The van der Waals surface area contributed by atoms with Crippen LogP contribution in [0.2, 0.25) is 0 Å². The zero-order chi connectivity index (χ0) is 26.0. The van der Waals surface area contributed by atoms with Crippen molar-refractivity contribution in [2.75, 3.05) is 23.0 Å². The van der Waals surface area contributed by atoms with Crippen LogP contribution in [0.5, 0.6) is 0 Å². The fourth-order valence-electron chi connectivity index (χ4n) is 3.50. The molecule has 0 atom stereocenters. The Morgan fingerprint density at radius 3 is 2.53 bits per heavy atom. The van der Waals surface area contributed by atoms with Gasteiger partial charge in [0.05, 0.1) is 17.7 Å². The standard InChI is InChI=1S/C22H17BF3N7O3/c1-2-36-20(34)16-15(17-19(27)29-10-30-33(17)18(16)23)11-3-5-13(6-4-11)31-21(35)32-14-9-12(7-8-28-14)22(24,25)26/h3-10H,2H2,1H3,(H2,27,29,30)(H2,28,31,32,35). The molecule has 10 nitrogen and oxygen atoms in total. The van der Waals surface area contributed by atoms with Crippen LogP contribution >= 0.6 is 0 Å². The van der Waals surface area contributed by atoms with E-state index in [0.29, 0.717) is 28.4 Å². The number of ether oxygens (including phenoxy) is 1. The number of halogens is 3. The van der Waals surface area contributed by atoms with Gasteiger partial charge in [0.2, 0.25) is 0 Å². The van der Waals surface area contributed by atoms with Gasteiger partial charge in [-0.3, -0.25) is 5.32 Å². The van der Waals surface area contributed by atoms with E-state index in [-0.39, 0.29) is 29.4 Å². The molecule has 1 aromatic carbocycles. The third-order valence-electron chi connectivity index (χ3n) is 5.03. The average Bonchev–Trinajstić information content (AvgIpc) is 3.13. The minimum atomic E-state index is -4.57. The molecule has 3 heterocycles. The van der Waals surface area contributed by atoms with E-state index in [0.717, 1.165) is 12.3 Å². The van der Waals surface area contributed by atoms with E-state index in [2.05, 4.69) is 25.7 Å². The number of pyridine rings is 1. The molecule has 0 bridgehead atoms. The van der Waals surface area contributed by atoms with Crippen molar-refractivity contribution in [1.29, 1.82) is 0 Å². The lowest BCUT2D eigenvalue weighted by Gasteiger charge is -2.11. The van der Waals surface area contributed by atoms with Gasteiger partial charge in [0.25, 0.3) is 0 Å². The number of amides is 2. The summed E-state index contributed by atoms with van der Waals surface area (Å²) in [4.78, 5) is 32.6. The first kappa shape index (κ1) is 24.5. The Kier molecular flexibility index (Phi) is 6.51. The Labute approximate surface area is 203 Å². The summed E-state index contributed by atoms with van der Waals surface area (Å²) in [5.41, 5.74) is 6.60. The quantitative estimate of drug-likeness (QED) is 0.286. The number of anilines is 3. The van der Waals surface area contributed by atoms with E-state index in [1.807, 2.05) is 0 Å². The number of carbonyl (C=O) groups is 2. The van der Waals surface area contributed by atoms with Gasteiger partial charge in [0.15, 0.2) is 5.82 Å². The summed E-state index contributed by atoms with van der Waals surface area (Å²) in [7, 11) is 6.16. The molecular weight excluding hydrogens is 478 g/mol. The summed E-state index contributed by atoms with van der Waals surface area (Å²) in [5, 5.41) is 8.80. The zero-order valence-corrected chi connectivity index (χ0v) is 18.6. The van der Waals surface area contributed by atoms with Crippen molar-refractivity contribution in [2.45, 2.75) is 13.1 Å². The topological polar surface area (TPSA) is 137 Å². The number of aromatic nitrogens is 4. The summed E-state index contributed by atoms with van der Waals surface area (Å²) in [6.07, 6.45) is -2.44. The lowest BCUT2D eigenvalue weighted by atomic mass is 9.94. The summed E-state index contributed by atoms with van der Waals surface area (Å²) in [6, 6.07) is 6.91. The maximum Gasteiger partial charge on any atom is 0.416 e. The Bertz CT molecular complexity index is 1460. The van der Waals surface area contributed by atoms with Gasteiger partial charge in [-0.1, -0.05) is 12.1 Å². The van der Waals surface area contributed by atoms with E-state index < -0.39 is 23.7 Å². The smallest absolute Gasteiger partial charge is 0.416 e. The monoisotopic (exact) mass is 495 g/mol. The molecule has 4 N–H and O–H groups in total. The minimum Gasteiger partial charge on any atom is -0.462 e. The van der Waals surface area contributed by atoms with Gasteiger partial charge in [0, 0.05) is 23.0 Å². The SMILES string of the molecule is [B]c1c(C(=O)OCC)c(-c2ccc(NC(=O)Nc3cc(C(F)(F)F)ccn3)cc2)c2c(N)ncnn12. The largest absolute Gasteiger partial charge is 0.462 e. The number of alkyl halides is 3. The Balaban J connectivity index is 1.61. The molecule has 3 aromatic heterocycles. The molecule has 182 valence electrons. The van der Waals surface area contributed by atoms with Gasteiger partial charge in [-0.25, -0.2) is 24.1 Å². The highest BCUT2D eigenvalue weighted by Crippen LogP contribution is 2.33. The van der Waals surface area contributed by atoms with E-state index in [1.165, 1.54) is 23.0 Å². The van der Waals surface area contributed by atoms with Gasteiger partial charge >= 0.3 is 18.2 Å². The number of carbonyl (C=O) groups excluding carboxylic acids is 2. The third-order valence-corrected chi connectivity index (χ3v) is 5.03. The van der Waals surface area contributed by atoms with Crippen molar-refractivity contribution in [2.24, 2.45) is 0 Å². The number of benzene rings is 1. The minimum absolute atomic E-state index is 0.0164. The highest BCUT2D eigenvalue weighted by atomic mass is 19.4. The molecular formula is C22H17BF3N7O3. The number of rotatable bonds is 5. The first-order chi connectivity index (χ1) is 17.1. The molecule has 0 aliphatic heterocycles. The van der Waals surface area contributed by atoms with Crippen molar-refractivity contribution in [3.63, 3.8) is 0 Å². The van der Waals surface area contributed by atoms with E-state index in [1.54, 1.807) is 19.1 Å². The van der Waals surface area contributed by atoms with E-state index in [4.69, 9.17) is 18.3 Å². The molecule has 0 unspecified atom stereocenters. The van der Waals surface area contributed by atoms with Crippen LogP contribution < -0.4 is 22.0 Å². The third kappa shape index (κ3) is 4.78. The lowest BCUT2D eigenvalue weighted by Crippen LogP contribution is -2.21. The Morgan fingerprint density at radius 2 is 1.86 bits per heavy atom. The number of hydrogen-bond donors (Lipinski definition) is 3. The van der Waals surface area contributed by atoms with Crippen molar-refractivity contribution in [3.8, 4) is 11.1 Å². The van der Waals surface area contributed by atoms with Gasteiger partial charge in [-0.15, -0.1) is 0 Å². The highest BCUT2D eigenvalue weighted by molar-refractivity contribution is 6.37. The van der Waals surface area contributed by atoms with Gasteiger partial charge in [-0.2, -0.15) is 18.3 Å². The molecule has 0 aliphatic rings. The van der Waals surface area contributed by atoms with Gasteiger partial charge < -0.3 is 15.8 Å². The zero-order valence-electron chi connectivity index (χ0n) is 18.6. The van der Waals surface area contributed by atoms with Crippen molar-refractivity contribution in [3.05, 3.63) is 60.0 Å². The second kappa shape index (κ2) is 9.56. The molecule has 0 fully saturated rings. The number of esters is 1. The average molecular weight is 495 g/mol. The summed E-state index contributed by atoms with van der Waals surface area (Å²) in [6.45, 7) is 1.77. The number of nitrogens with one attached hydrogen (secondary N) is 2. The van der Waals surface area contributed by atoms with Crippen molar-refractivity contribution >= 4 is 48.3 Å². The van der Waals surface area contributed by atoms with Crippen LogP contribution in [0.3, 0.4) is 0 Å². The molecule has 2 amide bonds. The van der Waals surface area contributed by atoms with Crippen LogP contribution in [0, 0.1) is 0 Å². The normalized spacial score (nSPS) is 11.3. The fourth-order valence-corrected chi connectivity index (χ4v) is 3.50. The maximum absolute atomic E-state index is 12.9. The van der Waals surface area contributed by atoms with Gasteiger partial charge in [-0.05, 0) is 36.8 Å². The van der Waals surface area contributed by atoms with E-state index >= 15 is 0 Å². The number of nitrogens with zero attached hydrogens (tertiary/aromatic N) is 4. The van der Waals surface area contributed by atoms with Crippen LogP contribution in [0.4, 0.5) is 35.3 Å². The van der Waals surface area contributed by atoms with Crippen molar-refractivity contribution < 1.29 is 27.5 Å². The Hall–Kier alpha value is -4.62. The van der Waals surface area contributed by atoms with Crippen LogP contribution in [-0.2, 0) is 10.9 Å². The summed E-state index contributed by atoms with van der Waals surface area (Å²) < 4.78 is 45.0. The van der Waals surface area contributed by atoms with Crippen LogP contribution in [0.1, 0.15) is 22.8 Å². The van der Waals surface area contributed by atoms with Crippen LogP contribution in [0.25, 0.3) is 16.6 Å². The molecule has 4 aromatic rings. The summed E-state index contributed by atoms with van der Waals surface area (Å²) in [5.74, 6) is -0.869. The van der Waals surface area contributed by atoms with Crippen LogP contribution in [0.15, 0.2) is 48.9 Å². The number of nitrogens with two attached hydrogens (primary N) is 1. The molecule has 0 saturated carbocycles. The molecule has 0 saturated heterocycles. The molecule has 36 heavy (non-hydrogen) atoms. The van der Waals surface area contributed by atoms with Crippen LogP contribution in [-0.4, -0.2) is 46.0 Å². The second-order valence-corrected chi connectivity index (χ2v) is 7.35. The molecule has 0 aliphatic carbocycles. The fraction of sp³-hybridized carbons (Fsp3) is 0.136. The number of fused-ring (bicyclic) bond motifs is 1. The first-order valence-electron chi connectivity index (χ1n) is 10.4. The summed E-state index contributed by atoms with van der Waals surface area (Å²) >= 11 is 0. The Morgan fingerprint density at radius 1 is 1.14 bits per heavy atom. The lowest BCUT2D eigenvalue weighted by molar-refractivity contribution is -0.137. The van der Waals surface area contributed by atoms with E-state index in [9.17, 15) is 22.8 Å². The predicted molar refractivity (Wildman–Crippen MR) is 126 cm³/mol. The molecule has 2 radical (unpaired) electrons. The molecule has 0 spiro atoms. The maximum atomic E-state index is 12.9. The predicted octanol–water partition coefficient (Wildman–Crippen LogP) is 3.01. The second-order valence-electron chi connectivity index (χ2n) is 7.35. The number of urea groups is 1. The molecule has 14 heteroatoms. The van der Waals surface area contributed by atoms with Gasteiger partial charge in [0.1, 0.15) is 25.5 Å².